The maximum atomic E-state index is 12.2. The lowest BCUT2D eigenvalue weighted by atomic mass is 10.1. The van der Waals surface area contributed by atoms with Gasteiger partial charge in [0, 0.05) is 11.4 Å². The zero-order chi connectivity index (χ0) is 14.0. The van der Waals surface area contributed by atoms with Crippen molar-refractivity contribution in [3.05, 3.63) is 36.4 Å². The maximum absolute atomic E-state index is 12.2. The van der Waals surface area contributed by atoms with Gasteiger partial charge in [0.05, 0.1) is 16.5 Å². The zero-order valence-electron chi connectivity index (χ0n) is 10.6. The Bertz CT molecular complexity index is 541. The Labute approximate surface area is 116 Å². The van der Waals surface area contributed by atoms with Gasteiger partial charge in [-0.2, -0.15) is 0 Å². The van der Waals surface area contributed by atoms with Gasteiger partial charge < -0.3 is 10.0 Å². The van der Waals surface area contributed by atoms with Crippen LogP contribution in [0.5, 0.6) is 0 Å². The van der Waals surface area contributed by atoms with Crippen LogP contribution in [0.25, 0.3) is 0 Å². The van der Waals surface area contributed by atoms with Gasteiger partial charge in [0.25, 0.3) is 0 Å². The first-order valence-electron chi connectivity index (χ1n) is 6.01. The van der Waals surface area contributed by atoms with Crippen molar-refractivity contribution in [3.8, 4) is 0 Å². The van der Waals surface area contributed by atoms with E-state index in [9.17, 15) is 9.59 Å². The SMILES string of the molecule is C=CCCN1C(=O)C(C)Sc2ccc(C(=O)O)cc21. The number of hydrogen-bond donors (Lipinski definition) is 1. The third-order valence-corrected chi connectivity index (χ3v) is 4.13. The third kappa shape index (κ3) is 2.66. The van der Waals surface area contributed by atoms with Crippen LogP contribution >= 0.6 is 11.8 Å². The first kappa shape index (κ1) is 13.7. The summed E-state index contributed by atoms with van der Waals surface area (Å²) < 4.78 is 0. The summed E-state index contributed by atoms with van der Waals surface area (Å²) in [6.45, 7) is 6.05. The lowest BCUT2D eigenvalue weighted by Crippen LogP contribution is -2.40. The number of aromatic carboxylic acids is 1. The quantitative estimate of drug-likeness (QED) is 0.860. The third-order valence-electron chi connectivity index (χ3n) is 2.97. The monoisotopic (exact) mass is 277 g/mol. The van der Waals surface area contributed by atoms with Gasteiger partial charge in [-0.15, -0.1) is 18.3 Å². The van der Waals surface area contributed by atoms with E-state index in [1.54, 1.807) is 29.2 Å². The van der Waals surface area contributed by atoms with Crippen molar-refractivity contribution in [2.24, 2.45) is 0 Å². The van der Waals surface area contributed by atoms with Crippen LogP contribution < -0.4 is 4.90 Å². The first-order valence-corrected chi connectivity index (χ1v) is 6.89. The van der Waals surface area contributed by atoms with Crippen LogP contribution in [0.1, 0.15) is 23.7 Å². The Morgan fingerprint density at radius 1 is 1.58 bits per heavy atom. The highest BCUT2D eigenvalue weighted by Gasteiger charge is 2.30. The van der Waals surface area contributed by atoms with Gasteiger partial charge in [-0.25, -0.2) is 4.79 Å². The number of hydrogen-bond acceptors (Lipinski definition) is 3. The molecule has 1 aromatic carbocycles. The largest absolute Gasteiger partial charge is 0.478 e. The van der Waals surface area contributed by atoms with Gasteiger partial charge in [-0.3, -0.25) is 4.79 Å². The Kier molecular flexibility index (Phi) is 3.95. The summed E-state index contributed by atoms with van der Waals surface area (Å²) in [7, 11) is 0. The average molecular weight is 277 g/mol. The number of anilines is 1. The van der Waals surface area contributed by atoms with Crippen LogP contribution in [0.3, 0.4) is 0 Å². The fourth-order valence-corrected chi connectivity index (χ4v) is 3.04. The summed E-state index contributed by atoms with van der Waals surface area (Å²) in [5.41, 5.74) is 0.889. The van der Waals surface area contributed by atoms with Gasteiger partial charge >= 0.3 is 5.97 Å². The minimum Gasteiger partial charge on any atom is -0.478 e. The maximum Gasteiger partial charge on any atom is 0.335 e. The molecule has 1 atom stereocenters. The van der Waals surface area contributed by atoms with Crippen molar-refractivity contribution in [3.63, 3.8) is 0 Å². The fraction of sp³-hybridized carbons (Fsp3) is 0.286. The van der Waals surface area contributed by atoms with Gasteiger partial charge in [-0.05, 0) is 31.5 Å². The van der Waals surface area contributed by atoms with Crippen molar-refractivity contribution in [2.45, 2.75) is 23.5 Å². The molecule has 0 saturated heterocycles. The smallest absolute Gasteiger partial charge is 0.335 e. The van der Waals surface area contributed by atoms with Crippen molar-refractivity contribution < 1.29 is 14.7 Å². The molecule has 1 N–H and O–H groups in total. The number of rotatable bonds is 4. The normalized spacial score (nSPS) is 18.1. The number of thioether (sulfide) groups is 1. The molecule has 4 nitrogen and oxygen atoms in total. The Morgan fingerprint density at radius 3 is 2.95 bits per heavy atom. The van der Waals surface area contributed by atoms with Gasteiger partial charge in [-0.1, -0.05) is 6.08 Å². The molecule has 0 spiro atoms. The molecular weight excluding hydrogens is 262 g/mol. The standard InChI is InChI=1S/C14H15NO3S/c1-3-4-7-15-11-8-10(14(17)18)5-6-12(11)19-9(2)13(15)16/h3,5-6,8-9H,1,4,7H2,2H3,(H,17,18). The molecular formula is C14H15NO3S. The zero-order valence-corrected chi connectivity index (χ0v) is 11.4. The Balaban J connectivity index is 2.44. The van der Waals surface area contributed by atoms with Gasteiger partial charge in [0.1, 0.15) is 0 Å². The number of carboxylic acids is 1. The van der Waals surface area contributed by atoms with Crippen LogP contribution in [0.15, 0.2) is 35.7 Å². The highest BCUT2D eigenvalue weighted by atomic mass is 32.2. The summed E-state index contributed by atoms with van der Waals surface area (Å²) in [6.07, 6.45) is 2.43. The second kappa shape index (κ2) is 5.48. The Morgan fingerprint density at radius 2 is 2.32 bits per heavy atom. The van der Waals surface area contributed by atoms with E-state index in [2.05, 4.69) is 6.58 Å². The van der Waals surface area contributed by atoms with Crippen molar-refractivity contribution in [2.75, 3.05) is 11.4 Å². The lowest BCUT2D eigenvalue weighted by molar-refractivity contribution is -0.118. The topological polar surface area (TPSA) is 57.6 Å². The lowest BCUT2D eigenvalue weighted by Gasteiger charge is -2.32. The van der Waals surface area contributed by atoms with E-state index >= 15 is 0 Å². The van der Waals surface area contributed by atoms with Crippen LogP contribution in [0.4, 0.5) is 5.69 Å². The molecule has 19 heavy (non-hydrogen) atoms. The average Bonchev–Trinajstić information content (AvgIpc) is 2.39. The molecule has 1 amide bonds. The molecule has 0 aliphatic carbocycles. The molecule has 1 aliphatic heterocycles. The molecule has 1 aliphatic rings. The molecule has 100 valence electrons. The molecule has 1 aromatic rings. The number of carbonyl (C=O) groups is 2. The molecule has 1 unspecified atom stereocenters. The van der Waals surface area contributed by atoms with Crippen LogP contribution in [-0.2, 0) is 4.79 Å². The van der Waals surface area contributed by atoms with E-state index in [0.29, 0.717) is 18.7 Å². The van der Waals surface area contributed by atoms with E-state index in [4.69, 9.17) is 5.11 Å². The predicted molar refractivity (Wildman–Crippen MR) is 75.9 cm³/mol. The molecule has 0 saturated carbocycles. The summed E-state index contributed by atoms with van der Waals surface area (Å²) in [5, 5.41) is 8.89. The van der Waals surface area contributed by atoms with E-state index in [1.807, 2.05) is 6.92 Å². The van der Waals surface area contributed by atoms with E-state index < -0.39 is 5.97 Å². The highest BCUT2D eigenvalue weighted by Crippen LogP contribution is 2.39. The Hall–Kier alpha value is -1.75. The number of amides is 1. The van der Waals surface area contributed by atoms with Crippen LogP contribution in [0, 0.1) is 0 Å². The summed E-state index contributed by atoms with van der Waals surface area (Å²) in [6, 6.07) is 4.91. The first-order chi connectivity index (χ1) is 9.04. The number of benzene rings is 1. The van der Waals surface area contributed by atoms with Crippen LogP contribution in [0.2, 0.25) is 0 Å². The van der Waals surface area contributed by atoms with E-state index in [-0.39, 0.29) is 16.7 Å². The summed E-state index contributed by atoms with van der Waals surface area (Å²) in [4.78, 5) is 25.8. The van der Waals surface area contributed by atoms with Crippen molar-refractivity contribution in [1.29, 1.82) is 0 Å². The minimum absolute atomic E-state index is 0.0156. The summed E-state index contributed by atoms with van der Waals surface area (Å²) >= 11 is 1.47. The van der Waals surface area contributed by atoms with Gasteiger partial charge in [0.2, 0.25) is 5.91 Å². The van der Waals surface area contributed by atoms with E-state index in [0.717, 1.165) is 4.90 Å². The van der Waals surface area contributed by atoms with Gasteiger partial charge in [0.15, 0.2) is 0 Å². The molecule has 0 fully saturated rings. The number of fused-ring (bicyclic) bond motifs is 1. The molecule has 5 heteroatoms. The predicted octanol–water partition coefficient (Wildman–Crippen LogP) is 2.79. The number of nitrogens with zero attached hydrogens (tertiary/aromatic N) is 1. The number of carboxylic acid groups (broad SMARTS) is 1. The molecule has 0 aromatic heterocycles. The molecule has 1 heterocycles. The fourth-order valence-electron chi connectivity index (χ4n) is 1.99. The highest BCUT2D eigenvalue weighted by molar-refractivity contribution is 8.00. The summed E-state index contributed by atoms with van der Waals surface area (Å²) in [5.74, 6) is -0.968. The van der Waals surface area contributed by atoms with Crippen molar-refractivity contribution >= 4 is 29.3 Å². The minimum atomic E-state index is -0.984. The van der Waals surface area contributed by atoms with Crippen LogP contribution in [-0.4, -0.2) is 28.8 Å². The van der Waals surface area contributed by atoms with Crippen molar-refractivity contribution in [1.82, 2.24) is 0 Å². The number of carbonyl (C=O) groups excluding carboxylic acids is 1. The second-order valence-electron chi connectivity index (χ2n) is 4.31. The second-order valence-corrected chi connectivity index (χ2v) is 5.70. The molecule has 0 bridgehead atoms. The molecule has 2 rings (SSSR count). The van der Waals surface area contributed by atoms with E-state index in [1.165, 1.54) is 11.8 Å². The molecule has 0 radical (unpaired) electrons.